The molecule has 12 heavy (non-hydrogen) atoms. The van der Waals surface area contributed by atoms with Gasteiger partial charge in [-0.3, -0.25) is 0 Å². The summed E-state index contributed by atoms with van der Waals surface area (Å²) in [6.07, 6.45) is 2.98. The Hall–Kier alpha value is -0.920. The third kappa shape index (κ3) is 4.06. The van der Waals surface area contributed by atoms with Crippen molar-refractivity contribution < 1.29 is 0 Å². The number of nitrogens with zero attached hydrogens (tertiary/aromatic N) is 2. The van der Waals surface area contributed by atoms with Gasteiger partial charge in [0, 0.05) is 7.05 Å². The number of hydrogen-bond acceptors (Lipinski definition) is 2. The Morgan fingerprint density at radius 2 is 2.08 bits per heavy atom. The first-order valence-electron chi connectivity index (χ1n) is 4.31. The zero-order chi connectivity index (χ0) is 9.56. The molecule has 0 rings (SSSR count). The van der Waals surface area contributed by atoms with Crippen LogP contribution in [0.3, 0.4) is 0 Å². The highest BCUT2D eigenvalue weighted by Gasteiger charge is 2.00. The molecule has 2 nitrogen and oxygen atoms in total. The standard InChI is InChI=1S/C10H18N2/c1-6-9(4)7-10(8(2)3)12-11-5/h7-8H,4,6H2,1-3,5H3/b10-7-,12-11-. The maximum absolute atomic E-state index is 4.04. The van der Waals surface area contributed by atoms with E-state index in [1.807, 2.05) is 6.08 Å². The van der Waals surface area contributed by atoms with Gasteiger partial charge in [0.25, 0.3) is 0 Å². The molecule has 0 aromatic rings. The summed E-state index contributed by atoms with van der Waals surface area (Å²) in [5.74, 6) is 0.414. The lowest BCUT2D eigenvalue weighted by atomic mass is 10.1. The highest BCUT2D eigenvalue weighted by molar-refractivity contribution is 5.20. The van der Waals surface area contributed by atoms with Gasteiger partial charge in [0.05, 0.1) is 5.70 Å². The van der Waals surface area contributed by atoms with Crippen LogP contribution in [0.1, 0.15) is 27.2 Å². The van der Waals surface area contributed by atoms with Gasteiger partial charge in [0.2, 0.25) is 0 Å². The average molecular weight is 166 g/mol. The van der Waals surface area contributed by atoms with Crippen molar-refractivity contribution in [3.8, 4) is 0 Å². The maximum Gasteiger partial charge on any atom is 0.0654 e. The Morgan fingerprint density at radius 3 is 2.42 bits per heavy atom. The molecule has 0 spiro atoms. The normalized spacial score (nSPS) is 12.9. The fraction of sp³-hybridized carbons (Fsp3) is 0.600. The van der Waals surface area contributed by atoms with Crippen molar-refractivity contribution in [2.75, 3.05) is 7.05 Å². The third-order valence-corrected chi connectivity index (χ3v) is 1.61. The molecule has 0 atom stereocenters. The SMILES string of the molecule is C=C(/C=C(\N=N/C)C(C)C)CC. The second kappa shape index (κ2) is 5.70. The van der Waals surface area contributed by atoms with Gasteiger partial charge in [0.15, 0.2) is 0 Å². The molecule has 0 saturated heterocycles. The van der Waals surface area contributed by atoms with Crippen molar-refractivity contribution in [3.05, 3.63) is 23.9 Å². The van der Waals surface area contributed by atoms with Crippen molar-refractivity contribution in [3.63, 3.8) is 0 Å². The van der Waals surface area contributed by atoms with Gasteiger partial charge in [-0.25, -0.2) is 0 Å². The van der Waals surface area contributed by atoms with Crippen LogP contribution in [-0.2, 0) is 0 Å². The summed E-state index contributed by atoms with van der Waals surface area (Å²) in [6.45, 7) is 10.2. The lowest BCUT2D eigenvalue weighted by Crippen LogP contribution is -1.90. The minimum Gasteiger partial charge on any atom is -0.192 e. The minimum absolute atomic E-state index is 0.414. The van der Waals surface area contributed by atoms with Crippen molar-refractivity contribution in [1.29, 1.82) is 0 Å². The summed E-state index contributed by atoms with van der Waals surface area (Å²) in [4.78, 5) is 0. The molecule has 0 unspecified atom stereocenters. The summed E-state index contributed by atoms with van der Waals surface area (Å²) in [5.41, 5.74) is 2.11. The number of rotatable bonds is 4. The van der Waals surface area contributed by atoms with E-state index >= 15 is 0 Å². The molecule has 0 aliphatic carbocycles. The summed E-state index contributed by atoms with van der Waals surface area (Å²) in [7, 11) is 1.69. The second-order valence-electron chi connectivity index (χ2n) is 3.04. The van der Waals surface area contributed by atoms with E-state index in [-0.39, 0.29) is 0 Å². The van der Waals surface area contributed by atoms with Gasteiger partial charge in [-0.1, -0.05) is 32.9 Å². The van der Waals surface area contributed by atoms with E-state index in [2.05, 4.69) is 37.6 Å². The molecule has 0 aliphatic heterocycles. The monoisotopic (exact) mass is 166 g/mol. The van der Waals surface area contributed by atoms with Crippen LogP contribution in [0.4, 0.5) is 0 Å². The molecule has 0 bridgehead atoms. The fourth-order valence-corrected chi connectivity index (χ4v) is 0.738. The molecular formula is C10H18N2. The van der Waals surface area contributed by atoms with Crippen LogP contribution in [0.5, 0.6) is 0 Å². The Labute approximate surface area is 75.1 Å². The molecule has 0 amide bonds. The van der Waals surface area contributed by atoms with Crippen LogP contribution >= 0.6 is 0 Å². The molecule has 0 radical (unpaired) electrons. The first kappa shape index (κ1) is 11.1. The van der Waals surface area contributed by atoms with Gasteiger partial charge in [-0.15, -0.1) is 0 Å². The van der Waals surface area contributed by atoms with E-state index in [0.717, 1.165) is 17.7 Å². The van der Waals surface area contributed by atoms with Crippen molar-refractivity contribution in [2.24, 2.45) is 16.1 Å². The minimum atomic E-state index is 0.414. The quantitative estimate of drug-likeness (QED) is 0.450. The average Bonchev–Trinajstić information content (AvgIpc) is 2.03. The molecule has 68 valence electrons. The molecular weight excluding hydrogens is 148 g/mol. The Bertz CT molecular complexity index is 200. The summed E-state index contributed by atoms with van der Waals surface area (Å²) < 4.78 is 0. The van der Waals surface area contributed by atoms with E-state index in [1.54, 1.807) is 7.05 Å². The molecule has 0 heterocycles. The largest absolute Gasteiger partial charge is 0.192 e. The molecule has 0 fully saturated rings. The highest BCUT2D eigenvalue weighted by Crippen LogP contribution is 2.14. The maximum atomic E-state index is 4.04. The van der Waals surface area contributed by atoms with Gasteiger partial charge in [0.1, 0.15) is 0 Å². The predicted molar refractivity (Wildman–Crippen MR) is 53.1 cm³/mol. The van der Waals surface area contributed by atoms with Gasteiger partial charge >= 0.3 is 0 Å². The van der Waals surface area contributed by atoms with Gasteiger partial charge < -0.3 is 0 Å². The summed E-state index contributed by atoms with van der Waals surface area (Å²) in [6, 6.07) is 0. The predicted octanol–water partition coefficient (Wildman–Crippen LogP) is 3.57. The van der Waals surface area contributed by atoms with Gasteiger partial charge in [-0.05, 0) is 18.4 Å². The van der Waals surface area contributed by atoms with E-state index in [1.165, 1.54) is 0 Å². The molecule has 0 saturated carbocycles. The lowest BCUT2D eigenvalue weighted by molar-refractivity contribution is 0.736. The third-order valence-electron chi connectivity index (χ3n) is 1.61. The molecule has 0 aliphatic rings. The molecule has 0 aromatic carbocycles. The van der Waals surface area contributed by atoms with Crippen LogP contribution < -0.4 is 0 Å². The molecule has 0 N–H and O–H groups in total. The highest BCUT2D eigenvalue weighted by atomic mass is 15.1. The van der Waals surface area contributed by atoms with Crippen molar-refractivity contribution in [2.45, 2.75) is 27.2 Å². The molecule has 0 aromatic heterocycles. The van der Waals surface area contributed by atoms with Crippen LogP contribution in [0, 0.1) is 5.92 Å². The van der Waals surface area contributed by atoms with E-state index < -0.39 is 0 Å². The summed E-state index contributed by atoms with van der Waals surface area (Å²) in [5, 5.41) is 7.80. The van der Waals surface area contributed by atoms with E-state index in [4.69, 9.17) is 0 Å². The second-order valence-corrected chi connectivity index (χ2v) is 3.04. The van der Waals surface area contributed by atoms with Crippen LogP contribution in [0.15, 0.2) is 34.2 Å². The zero-order valence-electron chi connectivity index (χ0n) is 8.46. The number of azo groups is 1. The number of allylic oxidation sites excluding steroid dienone is 3. The Morgan fingerprint density at radius 1 is 1.50 bits per heavy atom. The van der Waals surface area contributed by atoms with Gasteiger partial charge in [-0.2, -0.15) is 10.2 Å². The smallest absolute Gasteiger partial charge is 0.0654 e. The first-order valence-corrected chi connectivity index (χ1v) is 4.31. The topological polar surface area (TPSA) is 24.7 Å². The Kier molecular flexibility index (Phi) is 5.26. The molecule has 2 heteroatoms. The van der Waals surface area contributed by atoms with Crippen LogP contribution in [-0.4, -0.2) is 7.05 Å². The van der Waals surface area contributed by atoms with Crippen LogP contribution in [0.2, 0.25) is 0 Å². The lowest BCUT2D eigenvalue weighted by Gasteiger charge is -2.04. The Balaban J connectivity index is 4.49. The van der Waals surface area contributed by atoms with Crippen molar-refractivity contribution >= 4 is 0 Å². The van der Waals surface area contributed by atoms with Crippen LogP contribution in [0.25, 0.3) is 0 Å². The first-order chi connectivity index (χ1) is 5.61. The summed E-state index contributed by atoms with van der Waals surface area (Å²) >= 11 is 0. The number of hydrogen-bond donors (Lipinski definition) is 0. The van der Waals surface area contributed by atoms with E-state index in [9.17, 15) is 0 Å². The van der Waals surface area contributed by atoms with Crippen molar-refractivity contribution in [1.82, 2.24) is 0 Å². The zero-order valence-corrected chi connectivity index (χ0v) is 8.46. The van der Waals surface area contributed by atoms with E-state index in [0.29, 0.717) is 5.92 Å². The fourth-order valence-electron chi connectivity index (χ4n) is 0.738.